The first-order chi connectivity index (χ1) is 14.2. The topological polar surface area (TPSA) is 86.3 Å². The number of amides is 2. The molecular formula is C22H34N2O6. The molecular weight excluding hydrogens is 388 g/mol. The zero-order valence-corrected chi connectivity index (χ0v) is 18.6. The quantitative estimate of drug-likeness (QED) is 0.538. The molecule has 1 N–H and O–H groups in total. The molecule has 1 aliphatic carbocycles. The van der Waals surface area contributed by atoms with Gasteiger partial charge in [0.2, 0.25) is 11.7 Å². The fraction of sp³-hybridized carbons (Fsp3) is 0.818. The molecule has 8 nitrogen and oxygen atoms in total. The molecule has 3 fully saturated rings. The number of fused-ring (bicyclic) bond motifs is 1. The van der Waals surface area contributed by atoms with Crippen LogP contribution in [0, 0.1) is 24.2 Å². The Morgan fingerprint density at radius 1 is 1.23 bits per heavy atom. The number of ether oxygens (including phenoxy) is 4. The van der Waals surface area contributed by atoms with Crippen LogP contribution in [-0.4, -0.2) is 73.8 Å². The average molecular weight is 423 g/mol. The number of alkyl carbamates (subject to hydrolysis) is 1. The predicted octanol–water partition coefficient (Wildman–Crippen LogP) is 1.92. The Morgan fingerprint density at radius 2 is 1.87 bits per heavy atom. The van der Waals surface area contributed by atoms with Gasteiger partial charge in [0.25, 0.3) is 0 Å². The molecule has 0 aromatic heterocycles. The second kappa shape index (κ2) is 8.74. The lowest BCUT2D eigenvalue weighted by Crippen LogP contribution is -2.60. The Balaban J connectivity index is 1.87. The second-order valence-corrected chi connectivity index (χ2v) is 9.37. The molecule has 2 heterocycles. The highest BCUT2D eigenvalue weighted by Gasteiger charge is 2.62. The maximum Gasteiger partial charge on any atom is 0.408 e. The molecule has 3 aliphatic rings. The van der Waals surface area contributed by atoms with E-state index in [0.29, 0.717) is 6.54 Å². The molecule has 4 atom stereocenters. The number of carbonyl (C=O) groups is 2. The first-order valence-corrected chi connectivity index (χ1v) is 10.6. The van der Waals surface area contributed by atoms with Gasteiger partial charge in [-0.3, -0.25) is 4.79 Å². The second-order valence-electron chi connectivity index (χ2n) is 9.37. The van der Waals surface area contributed by atoms with E-state index in [1.54, 1.807) is 25.7 Å². The highest BCUT2D eigenvalue weighted by molar-refractivity contribution is 5.87. The van der Waals surface area contributed by atoms with Crippen molar-refractivity contribution in [3.63, 3.8) is 0 Å². The van der Waals surface area contributed by atoms with E-state index in [2.05, 4.69) is 11.2 Å². The van der Waals surface area contributed by atoms with Gasteiger partial charge in [0.1, 0.15) is 24.3 Å². The predicted molar refractivity (Wildman–Crippen MR) is 109 cm³/mol. The molecule has 1 saturated carbocycles. The SMILES string of the molecule is C#C[C@@H]1CN(C(=O)[C@@H](NC(=O)OC(C)(C)C)C2CCCC2)C2C1OCC2(OC)OC. The summed E-state index contributed by atoms with van der Waals surface area (Å²) in [5.41, 5.74) is -0.652. The molecule has 2 aliphatic heterocycles. The third-order valence-corrected chi connectivity index (χ3v) is 6.36. The zero-order valence-electron chi connectivity index (χ0n) is 18.6. The van der Waals surface area contributed by atoms with E-state index >= 15 is 0 Å². The third-order valence-electron chi connectivity index (χ3n) is 6.36. The number of nitrogens with one attached hydrogen (secondary N) is 1. The van der Waals surface area contributed by atoms with Crippen LogP contribution in [0.4, 0.5) is 4.79 Å². The molecule has 0 aromatic rings. The largest absolute Gasteiger partial charge is 0.444 e. The Labute approximate surface area is 178 Å². The van der Waals surface area contributed by atoms with E-state index in [1.165, 1.54) is 14.2 Å². The molecule has 3 rings (SSSR count). The monoisotopic (exact) mass is 422 g/mol. The lowest BCUT2D eigenvalue weighted by molar-refractivity contribution is -0.227. The Morgan fingerprint density at radius 3 is 2.40 bits per heavy atom. The standard InChI is InChI=1S/C22H34N2O6/c1-7-14-12-24(18-17(14)29-13-22(18,27-5)28-6)19(25)16(15-10-8-9-11-15)23-20(26)30-21(2,3)4/h1,14-18H,8-13H2,2-6H3,(H,23,26)/t14-,16+,17?,18?/m1/s1. The van der Waals surface area contributed by atoms with Gasteiger partial charge in [0, 0.05) is 20.8 Å². The first kappa shape index (κ1) is 22.9. The van der Waals surface area contributed by atoms with Gasteiger partial charge >= 0.3 is 6.09 Å². The van der Waals surface area contributed by atoms with Crippen molar-refractivity contribution in [3.05, 3.63) is 0 Å². The number of hydrogen-bond acceptors (Lipinski definition) is 6. The summed E-state index contributed by atoms with van der Waals surface area (Å²) in [4.78, 5) is 28.0. The molecule has 2 unspecified atom stereocenters. The zero-order chi connectivity index (χ0) is 22.1. The number of hydrogen-bond donors (Lipinski definition) is 1. The molecule has 30 heavy (non-hydrogen) atoms. The van der Waals surface area contributed by atoms with Gasteiger partial charge < -0.3 is 29.2 Å². The number of methoxy groups -OCH3 is 2. The van der Waals surface area contributed by atoms with Crippen molar-refractivity contribution < 1.29 is 28.5 Å². The van der Waals surface area contributed by atoms with E-state index in [0.717, 1.165) is 25.7 Å². The maximum absolute atomic E-state index is 13.8. The maximum atomic E-state index is 13.8. The first-order valence-electron chi connectivity index (χ1n) is 10.6. The van der Waals surface area contributed by atoms with Crippen molar-refractivity contribution in [1.29, 1.82) is 0 Å². The van der Waals surface area contributed by atoms with Crippen molar-refractivity contribution in [2.45, 2.75) is 76.0 Å². The van der Waals surface area contributed by atoms with Crippen molar-refractivity contribution in [3.8, 4) is 12.3 Å². The summed E-state index contributed by atoms with van der Waals surface area (Å²) in [7, 11) is 3.07. The van der Waals surface area contributed by atoms with Crippen LogP contribution < -0.4 is 5.32 Å². The Kier molecular flexibility index (Phi) is 6.66. The van der Waals surface area contributed by atoms with Gasteiger partial charge in [0.05, 0.1) is 12.0 Å². The molecule has 2 saturated heterocycles. The summed E-state index contributed by atoms with van der Waals surface area (Å²) in [5.74, 6) is 1.25. The molecule has 2 amide bonds. The van der Waals surface area contributed by atoms with Crippen LogP contribution >= 0.6 is 0 Å². The molecule has 8 heteroatoms. The van der Waals surface area contributed by atoms with E-state index in [-0.39, 0.29) is 30.5 Å². The van der Waals surface area contributed by atoms with E-state index < -0.39 is 29.6 Å². The van der Waals surface area contributed by atoms with Crippen LogP contribution in [0.1, 0.15) is 46.5 Å². The van der Waals surface area contributed by atoms with Crippen LogP contribution in [0.3, 0.4) is 0 Å². The molecule has 0 bridgehead atoms. The van der Waals surface area contributed by atoms with Crippen LogP contribution in [0.2, 0.25) is 0 Å². The van der Waals surface area contributed by atoms with Crippen LogP contribution in [0.5, 0.6) is 0 Å². The van der Waals surface area contributed by atoms with Crippen LogP contribution in [0.25, 0.3) is 0 Å². The minimum Gasteiger partial charge on any atom is -0.444 e. The van der Waals surface area contributed by atoms with Gasteiger partial charge in [-0.05, 0) is 39.5 Å². The summed E-state index contributed by atoms with van der Waals surface area (Å²) >= 11 is 0. The number of likely N-dealkylation sites (tertiary alicyclic amines) is 1. The summed E-state index contributed by atoms with van der Waals surface area (Å²) < 4.78 is 22.7. The smallest absolute Gasteiger partial charge is 0.408 e. The summed E-state index contributed by atoms with van der Waals surface area (Å²) in [5, 5.41) is 2.84. The van der Waals surface area contributed by atoms with E-state index in [9.17, 15) is 9.59 Å². The lowest BCUT2D eigenvalue weighted by atomic mass is 9.95. The molecule has 0 radical (unpaired) electrons. The van der Waals surface area contributed by atoms with Crippen molar-refractivity contribution in [2.75, 3.05) is 27.4 Å². The van der Waals surface area contributed by atoms with Gasteiger partial charge in [-0.2, -0.15) is 0 Å². The van der Waals surface area contributed by atoms with Crippen LogP contribution in [-0.2, 0) is 23.7 Å². The lowest BCUT2D eigenvalue weighted by Gasteiger charge is -2.38. The normalized spacial score (nSPS) is 29.3. The Hall–Kier alpha value is -1.82. The third kappa shape index (κ3) is 4.29. The van der Waals surface area contributed by atoms with E-state index in [1.807, 2.05) is 0 Å². The highest BCUT2D eigenvalue weighted by atomic mass is 16.7. The number of carbonyl (C=O) groups excluding carboxylic acids is 2. The van der Waals surface area contributed by atoms with Crippen molar-refractivity contribution in [1.82, 2.24) is 10.2 Å². The van der Waals surface area contributed by atoms with E-state index in [4.69, 9.17) is 25.4 Å². The molecule has 168 valence electrons. The fourth-order valence-corrected chi connectivity index (χ4v) is 4.92. The van der Waals surface area contributed by atoms with Gasteiger partial charge in [-0.25, -0.2) is 4.79 Å². The van der Waals surface area contributed by atoms with Gasteiger partial charge in [-0.1, -0.05) is 18.8 Å². The molecule has 0 aromatic carbocycles. The number of terminal acetylenes is 1. The van der Waals surface area contributed by atoms with Crippen molar-refractivity contribution in [2.24, 2.45) is 11.8 Å². The minimum absolute atomic E-state index is 0.0511. The van der Waals surface area contributed by atoms with Crippen molar-refractivity contribution >= 4 is 12.0 Å². The van der Waals surface area contributed by atoms with Crippen LogP contribution in [0.15, 0.2) is 0 Å². The average Bonchev–Trinajstić information content (AvgIpc) is 3.40. The summed E-state index contributed by atoms with van der Waals surface area (Å²) in [6.07, 6.45) is 8.59. The summed E-state index contributed by atoms with van der Waals surface area (Å²) in [6, 6.07) is -1.17. The molecule has 0 spiro atoms. The summed E-state index contributed by atoms with van der Waals surface area (Å²) in [6.45, 7) is 5.90. The fourth-order valence-electron chi connectivity index (χ4n) is 4.92. The highest BCUT2D eigenvalue weighted by Crippen LogP contribution is 2.42. The Bertz CT molecular complexity index is 687. The number of rotatable bonds is 5. The number of nitrogens with zero attached hydrogens (tertiary/aromatic N) is 1. The van der Waals surface area contributed by atoms with Gasteiger partial charge in [0.15, 0.2) is 0 Å². The minimum atomic E-state index is -1.09. The van der Waals surface area contributed by atoms with Gasteiger partial charge in [-0.15, -0.1) is 6.42 Å².